The summed E-state index contributed by atoms with van der Waals surface area (Å²) in [6.45, 7) is 1.03. The Bertz CT molecular complexity index is 956. The summed E-state index contributed by atoms with van der Waals surface area (Å²) < 4.78 is 24.5. The van der Waals surface area contributed by atoms with E-state index in [0.717, 1.165) is 11.3 Å². The third kappa shape index (κ3) is 3.43. The van der Waals surface area contributed by atoms with Crippen LogP contribution in [0.1, 0.15) is 18.4 Å². The highest BCUT2D eigenvalue weighted by Crippen LogP contribution is 2.45. The lowest BCUT2D eigenvalue weighted by Gasteiger charge is -2.59. The van der Waals surface area contributed by atoms with Gasteiger partial charge in [0.2, 0.25) is 5.91 Å². The van der Waals surface area contributed by atoms with Crippen molar-refractivity contribution in [2.24, 2.45) is 0 Å². The number of halogens is 1. The molecule has 0 aromatic heterocycles. The van der Waals surface area contributed by atoms with E-state index >= 15 is 0 Å². The molecule has 0 radical (unpaired) electrons. The summed E-state index contributed by atoms with van der Waals surface area (Å²) in [5.74, 6) is 0.205. The Labute approximate surface area is 175 Å². The maximum Gasteiger partial charge on any atom is 0.259 e. The lowest BCUT2D eigenvalue weighted by Crippen LogP contribution is -2.78. The Kier molecular flexibility index (Phi) is 5.47. The Morgan fingerprint density at radius 3 is 2.53 bits per heavy atom. The molecule has 2 aliphatic heterocycles. The number of likely N-dealkylation sites (tertiary alicyclic amines) is 1. The van der Waals surface area contributed by atoms with Crippen LogP contribution in [-0.4, -0.2) is 55.7 Å². The number of piperidine rings is 1. The molecule has 6 nitrogen and oxygen atoms in total. The first-order chi connectivity index (χ1) is 14.5. The summed E-state index contributed by atoms with van der Waals surface area (Å²) in [6, 6.07) is 13.5. The van der Waals surface area contributed by atoms with Gasteiger partial charge in [-0.1, -0.05) is 18.2 Å². The smallest absolute Gasteiger partial charge is 0.259 e. The number of nitrogens with zero attached hydrogens (tertiary/aromatic N) is 2. The fraction of sp³-hybridized carbons (Fsp3) is 0.391. The maximum absolute atomic E-state index is 13.7. The number of anilines is 1. The van der Waals surface area contributed by atoms with E-state index in [1.807, 2.05) is 29.2 Å². The first-order valence-electron chi connectivity index (χ1n) is 10.0. The second-order valence-corrected chi connectivity index (χ2v) is 7.78. The van der Waals surface area contributed by atoms with Crippen LogP contribution in [0.2, 0.25) is 0 Å². The molecule has 0 N–H and O–H groups in total. The minimum Gasteiger partial charge on any atom is -0.497 e. The molecule has 1 spiro atoms. The van der Waals surface area contributed by atoms with Gasteiger partial charge in [-0.2, -0.15) is 0 Å². The Morgan fingerprint density at radius 1 is 1.13 bits per heavy atom. The summed E-state index contributed by atoms with van der Waals surface area (Å²) in [4.78, 5) is 29.0. The SMILES string of the molecule is COc1cccc(CC(=O)N2CCC3(CC2)C(OC)C(=O)N3c2cccc(F)c2)c1. The van der Waals surface area contributed by atoms with Crippen molar-refractivity contribution in [2.75, 3.05) is 32.2 Å². The zero-order valence-corrected chi connectivity index (χ0v) is 17.1. The number of methoxy groups -OCH3 is 2. The van der Waals surface area contributed by atoms with Crippen LogP contribution < -0.4 is 9.64 Å². The molecule has 2 saturated heterocycles. The third-order valence-electron chi connectivity index (χ3n) is 6.15. The monoisotopic (exact) mass is 412 g/mol. The van der Waals surface area contributed by atoms with Crippen molar-refractivity contribution >= 4 is 17.5 Å². The van der Waals surface area contributed by atoms with Crippen LogP contribution in [0.5, 0.6) is 5.75 Å². The van der Waals surface area contributed by atoms with E-state index < -0.39 is 11.6 Å². The van der Waals surface area contributed by atoms with Gasteiger partial charge in [-0.05, 0) is 48.7 Å². The van der Waals surface area contributed by atoms with Gasteiger partial charge in [-0.15, -0.1) is 0 Å². The van der Waals surface area contributed by atoms with Gasteiger partial charge in [0.1, 0.15) is 11.6 Å². The fourth-order valence-corrected chi connectivity index (χ4v) is 4.64. The van der Waals surface area contributed by atoms with Gasteiger partial charge >= 0.3 is 0 Å². The normalized spacial score (nSPS) is 20.2. The van der Waals surface area contributed by atoms with Crippen molar-refractivity contribution in [1.82, 2.24) is 4.90 Å². The molecular weight excluding hydrogens is 387 g/mol. The average Bonchev–Trinajstić information content (AvgIpc) is 2.74. The predicted octanol–water partition coefficient (Wildman–Crippen LogP) is 2.80. The molecule has 2 heterocycles. The molecule has 2 aromatic carbocycles. The summed E-state index contributed by atoms with van der Waals surface area (Å²) >= 11 is 0. The second kappa shape index (κ2) is 8.07. The number of ether oxygens (including phenoxy) is 2. The van der Waals surface area contributed by atoms with Crippen LogP contribution in [0.25, 0.3) is 0 Å². The lowest BCUT2D eigenvalue weighted by atomic mass is 9.72. The number of carbonyl (C=O) groups is 2. The van der Waals surface area contributed by atoms with Crippen LogP contribution in [0, 0.1) is 5.82 Å². The molecule has 2 aromatic rings. The Hall–Kier alpha value is -2.93. The van der Waals surface area contributed by atoms with Gasteiger partial charge in [-0.3, -0.25) is 9.59 Å². The van der Waals surface area contributed by atoms with Crippen molar-refractivity contribution in [3.8, 4) is 5.75 Å². The number of hydrogen-bond donors (Lipinski definition) is 0. The van der Waals surface area contributed by atoms with Crippen molar-refractivity contribution in [1.29, 1.82) is 0 Å². The molecule has 7 heteroatoms. The summed E-state index contributed by atoms with van der Waals surface area (Å²) in [6.07, 6.45) is 0.885. The van der Waals surface area contributed by atoms with E-state index in [2.05, 4.69) is 0 Å². The third-order valence-corrected chi connectivity index (χ3v) is 6.15. The zero-order chi connectivity index (χ0) is 21.3. The van der Waals surface area contributed by atoms with Crippen molar-refractivity contribution in [2.45, 2.75) is 30.9 Å². The number of rotatable bonds is 5. The molecule has 0 saturated carbocycles. The summed E-state index contributed by atoms with van der Waals surface area (Å²) in [5, 5.41) is 0. The van der Waals surface area contributed by atoms with Crippen molar-refractivity contribution in [3.63, 3.8) is 0 Å². The lowest BCUT2D eigenvalue weighted by molar-refractivity contribution is -0.152. The minimum absolute atomic E-state index is 0.0371. The Morgan fingerprint density at radius 2 is 1.87 bits per heavy atom. The first kappa shape index (κ1) is 20.3. The van der Waals surface area contributed by atoms with Crippen LogP contribution >= 0.6 is 0 Å². The van der Waals surface area contributed by atoms with Gasteiger partial charge in [-0.25, -0.2) is 4.39 Å². The molecule has 30 heavy (non-hydrogen) atoms. The standard InChI is InChI=1S/C23H25FN2O4/c1-29-19-8-3-5-16(13-19)14-20(27)25-11-9-23(10-12-25)21(30-2)22(28)26(23)18-7-4-6-17(24)15-18/h3-8,13,15,21H,9-12,14H2,1-2H3. The quantitative estimate of drug-likeness (QED) is 0.709. The van der Waals surface area contributed by atoms with Gasteiger partial charge in [0.05, 0.1) is 19.1 Å². The van der Waals surface area contributed by atoms with Crippen LogP contribution in [0.4, 0.5) is 10.1 Å². The topological polar surface area (TPSA) is 59.1 Å². The largest absolute Gasteiger partial charge is 0.497 e. The van der Waals surface area contributed by atoms with Gasteiger partial charge in [0, 0.05) is 25.9 Å². The minimum atomic E-state index is -0.573. The molecule has 0 bridgehead atoms. The van der Waals surface area contributed by atoms with E-state index in [4.69, 9.17) is 9.47 Å². The van der Waals surface area contributed by atoms with E-state index in [-0.39, 0.29) is 17.6 Å². The number of carbonyl (C=O) groups excluding carboxylic acids is 2. The van der Waals surface area contributed by atoms with E-state index in [1.54, 1.807) is 24.1 Å². The fourth-order valence-electron chi connectivity index (χ4n) is 4.64. The van der Waals surface area contributed by atoms with Gasteiger partial charge in [0.25, 0.3) is 5.91 Å². The predicted molar refractivity (Wildman–Crippen MR) is 110 cm³/mol. The maximum atomic E-state index is 13.7. The molecule has 2 amide bonds. The summed E-state index contributed by atoms with van der Waals surface area (Å²) in [5.41, 5.74) is 0.880. The highest BCUT2D eigenvalue weighted by molar-refractivity contribution is 6.07. The highest BCUT2D eigenvalue weighted by atomic mass is 19.1. The van der Waals surface area contributed by atoms with Crippen LogP contribution in [0.15, 0.2) is 48.5 Å². The Balaban J connectivity index is 1.47. The molecule has 2 aliphatic rings. The number of β-lactam (4-membered cyclic amide) rings is 1. The number of benzene rings is 2. The van der Waals surface area contributed by atoms with E-state index in [1.165, 1.54) is 19.2 Å². The van der Waals surface area contributed by atoms with E-state index in [0.29, 0.717) is 38.0 Å². The van der Waals surface area contributed by atoms with Crippen molar-refractivity contribution < 1.29 is 23.5 Å². The molecule has 1 atom stereocenters. The second-order valence-electron chi connectivity index (χ2n) is 7.78. The molecule has 2 fully saturated rings. The van der Waals surface area contributed by atoms with Crippen LogP contribution in [0.3, 0.4) is 0 Å². The summed E-state index contributed by atoms with van der Waals surface area (Å²) in [7, 11) is 3.12. The zero-order valence-electron chi connectivity index (χ0n) is 17.1. The molecule has 0 aliphatic carbocycles. The molecule has 158 valence electrons. The van der Waals surface area contributed by atoms with Crippen LogP contribution in [-0.2, 0) is 20.7 Å². The van der Waals surface area contributed by atoms with E-state index in [9.17, 15) is 14.0 Å². The van der Waals surface area contributed by atoms with Crippen molar-refractivity contribution in [3.05, 3.63) is 59.9 Å². The number of amides is 2. The molecular formula is C23H25FN2O4. The first-order valence-corrected chi connectivity index (χ1v) is 10.0. The average molecular weight is 412 g/mol. The molecule has 1 unspecified atom stereocenters. The highest BCUT2D eigenvalue weighted by Gasteiger charge is 2.62. The molecule has 4 rings (SSSR count). The number of hydrogen-bond acceptors (Lipinski definition) is 4. The van der Waals surface area contributed by atoms with Gasteiger partial charge < -0.3 is 19.3 Å². The van der Waals surface area contributed by atoms with Gasteiger partial charge in [0.15, 0.2) is 6.10 Å².